The van der Waals surface area contributed by atoms with Crippen LogP contribution in [0.1, 0.15) is 24.0 Å². The number of aryl methyl sites for hydroxylation is 1. The Kier molecular flexibility index (Phi) is 7.32. The monoisotopic (exact) mass is 391 g/mol. The molecule has 1 saturated heterocycles. The quantitative estimate of drug-likeness (QED) is 0.659. The molecule has 1 aromatic rings. The molecule has 0 saturated carbocycles. The van der Waals surface area contributed by atoms with E-state index in [0.717, 1.165) is 40.6 Å². The first-order valence-corrected chi connectivity index (χ1v) is 10.9. The van der Waals surface area contributed by atoms with Crippen LogP contribution in [0.25, 0.3) is 0 Å². The van der Waals surface area contributed by atoms with Gasteiger partial charge in [-0.05, 0) is 12.8 Å². The number of morpholine rings is 1. The van der Waals surface area contributed by atoms with E-state index in [-0.39, 0.29) is 12.6 Å². The maximum atomic E-state index is 11.8. The van der Waals surface area contributed by atoms with Gasteiger partial charge in [-0.3, -0.25) is 9.69 Å². The number of thiazole rings is 1. The smallest absolute Gasteiger partial charge is 0.318 e. The van der Waals surface area contributed by atoms with Crippen LogP contribution < -0.4 is 0 Å². The first kappa shape index (κ1) is 20.2. The Bertz CT molecular complexity index is 676. The molecule has 0 amide bonds. The van der Waals surface area contributed by atoms with E-state index in [1.54, 1.807) is 11.3 Å². The number of ether oxygens (including phenoxy) is 1. The Morgan fingerprint density at radius 2 is 2.32 bits per heavy atom. The number of nitrogens with zero attached hydrogens (tertiary/aromatic N) is 3. The van der Waals surface area contributed by atoms with Crippen LogP contribution in [0.5, 0.6) is 0 Å². The van der Waals surface area contributed by atoms with Crippen molar-refractivity contribution in [2.24, 2.45) is 0 Å². The zero-order valence-electron chi connectivity index (χ0n) is 14.5. The maximum Gasteiger partial charge on any atom is 0.318 e. The fourth-order valence-corrected chi connectivity index (χ4v) is 4.38. The molecule has 8 nitrogen and oxygen atoms in total. The summed E-state index contributed by atoms with van der Waals surface area (Å²) in [4.78, 5) is 17.7. The van der Waals surface area contributed by atoms with E-state index in [0.29, 0.717) is 19.7 Å². The molecule has 2 heterocycles. The molecule has 0 aromatic carbocycles. The van der Waals surface area contributed by atoms with E-state index in [9.17, 15) is 13.2 Å². The van der Waals surface area contributed by atoms with Gasteiger partial charge < -0.3 is 9.84 Å². The molecule has 0 spiro atoms. The first-order chi connectivity index (χ1) is 11.8. The highest BCUT2D eigenvalue weighted by Crippen LogP contribution is 2.16. The molecule has 1 aliphatic rings. The fraction of sp³-hybridized carbons (Fsp3) is 0.733. The molecule has 0 unspecified atom stereocenters. The van der Waals surface area contributed by atoms with Gasteiger partial charge in [0.1, 0.15) is 6.54 Å². The van der Waals surface area contributed by atoms with Gasteiger partial charge in [0.2, 0.25) is 10.0 Å². The van der Waals surface area contributed by atoms with Crippen LogP contribution in [0.3, 0.4) is 0 Å². The van der Waals surface area contributed by atoms with Crippen LogP contribution in [-0.4, -0.2) is 78.8 Å². The Labute approximate surface area is 152 Å². The van der Waals surface area contributed by atoms with Gasteiger partial charge in [-0.15, -0.1) is 11.3 Å². The van der Waals surface area contributed by atoms with E-state index in [4.69, 9.17) is 9.84 Å². The lowest BCUT2D eigenvalue weighted by atomic mass is 10.2. The van der Waals surface area contributed by atoms with Crippen molar-refractivity contribution in [3.63, 3.8) is 0 Å². The largest absolute Gasteiger partial charge is 0.480 e. The van der Waals surface area contributed by atoms with Gasteiger partial charge in [-0.25, -0.2) is 13.4 Å². The second kappa shape index (κ2) is 9.04. The second-order valence-corrected chi connectivity index (χ2v) is 9.08. The van der Waals surface area contributed by atoms with E-state index >= 15 is 0 Å². The molecule has 0 bridgehead atoms. The Hall–Kier alpha value is -1.07. The van der Waals surface area contributed by atoms with Crippen molar-refractivity contribution in [1.82, 2.24) is 14.2 Å². The molecule has 1 aliphatic heterocycles. The molecule has 142 valence electrons. The third kappa shape index (κ3) is 6.63. The third-order valence-corrected chi connectivity index (χ3v) is 6.03. The lowest BCUT2D eigenvalue weighted by Crippen LogP contribution is -2.49. The van der Waals surface area contributed by atoms with Gasteiger partial charge in [0.05, 0.1) is 29.7 Å². The topological polar surface area (TPSA) is 100 Å². The number of aliphatic carboxylic acids is 1. The zero-order chi connectivity index (χ0) is 18.4. The Morgan fingerprint density at radius 3 is 2.96 bits per heavy atom. The number of carbonyl (C=O) groups is 1. The summed E-state index contributed by atoms with van der Waals surface area (Å²) in [5.41, 5.74) is 1.01. The second-order valence-electron chi connectivity index (χ2n) is 6.16. The highest BCUT2D eigenvalue weighted by atomic mass is 32.2. The first-order valence-electron chi connectivity index (χ1n) is 8.22. The zero-order valence-corrected chi connectivity index (χ0v) is 16.2. The lowest BCUT2D eigenvalue weighted by molar-refractivity contribution is -0.137. The predicted molar refractivity (Wildman–Crippen MR) is 95.2 cm³/mol. The summed E-state index contributed by atoms with van der Waals surface area (Å²) in [6, 6.07) is 0. The Morgan fingerprint density at radius 1 is 1.56 bits per heavy atom. The standard InChI is InChI=1S/C15H25N3O5S2/c1-3-4-14-16-12(11-24-14)7-17-5-6-23-13(8-17)9-18(10-15(19)20)25(2,21)22/h11,13H,3-10H2,1-2H3,(H,19,20)/t13-/m1/s1. The Balaban J connectivity index is 1.93. The minimum atomic E-state index is -3.60. The van der Waals surface area contributed by atoms with Crippen molar-refractivity contribution >= 4 is 27.3 Å². The third-order valence-electron chi connectivity index (χ3n) is 3.86. The highest BCUT2D eigenvalue weighted by Gasteiger charge is 2.28. The van der Waals surface area contributed by atoms with E-state index in [2.05, 4.69) is 22.2 Å². The highest BCUT2D eigenvalue weighted by molar-refractivity contribution is 7.88. The molecule has 1 N–H and O–H groups in total. The SMILES string of the molecule is CCCc1nc(CN2CCO[C@@H](CN(CC(=O)O)S(C)(=O)=O)C2)cs1. The van der Waals surface area contributed by atoms with Crippen molar-refractivity contribution in [2.45, 2.75) is 32.4 Å². The molecule has 25 heavy (non-hydrogen) atoms. The number of hydrogen-bond donors (Lipinski definition) is 1. The summed E-state index contributed by atoms with van der Waals surface area (Å²) < 4.78 is 30.1. The summed E-state index contributed by atoms with van der Waals surface area (Å²) in [6.45, 7) is 4.09. The minimum absolute atomic E-state index is 0.0415. The number of aromatic nitrogens is 1. The lowest BCUT2D eigenvalue weighted by Gasteiger charge is -2.34. The van der Waals surface area contributed by atoms with Crippen LogP contribution in [0, 0.1) is 0 Å². The number of carboxylic acids is 1. The van der Waals surface area contributed by atoms with E-state index in [1.807, 2.05) is 0 Å². The van der Waals surface area contributed by atoms with E-state index in [1.165, 1.54) is 0 Å². The van der Waals surface area contributed by atoms with Crippen molar-refractivity contribution in [3.8, 4) is 0 Å². The molecule has 2 rings (SSSR count). The molecule has 1 atom stereocenters. The van der Waals surface area contributed by atoms with Gasteiger partial charge in [-0.1, -0.05) is 6.92 Å². The summed E-state index contributed by atoms with van der Waals surface area (Å²) >= 11 is 1.66. The summed E-state index contributed by atoms with van der Waals surface area (Å²) in [7, 11) is -3.60. The van der Waals surface area contributed by atoms with Gasteiger partial charge >= 0.3 is 5.97 Å². The number of hydrogen-bond acceptors (Lipinski definition) is 7. The average Bonchev–Trinajstić information content (AvgIpc) is 2.93. The van der Waals surface area contributed by atoms with Crippen LogP contribution in [0.4, 0.5) is 0 Å². The van der Waals surface area contributed by atoms with Crippen LogP contribution in [0.2, 0.25) is 0 Å². The van der Waals surface area contributed by atoms with Gasteiger partial charge in [0.25, 0.3) is 0 Å². The van der Waals surface area contributed by atoms with Crippen molar-refractivity contribution in [2.75, 3.05) is 39.0 Å². The maximum absolute atomic E-state index is 11.8. The molecule has 0 aliphatic carbocycles. The predicted octanol–water partition coefficient (Wildman–Crippen LogP) is 0.643. The van der Waals surface area contributed by atoms with Crippen LogP contribution >= 0.6 is 11.3 Å². The van der Waals surface area contributed by atoms with Crippen molar-refractivity contribution < 1.29 is 23.1 Å². The number of carboxylic acid groups (broad SMARTS) is 1. The van der Waals surface area contributed by atoms with Gasteiger partial charge in [-0.2, -0.15) is 4.31 Å². The van der Waals surface area contributed by atoms with Gasteiger partial charge in [0, 0.05) is 31.6 Å². The molecule has 1 aromatic heterocycles. The van der Waals surface area contributed by atoms with Crippen molar-refractivity contribution in [1.29, 1.82) is 0 Å². The summed E-state index contributed by atoms with van der Waals surface area (Å²) in [5.74, 6) is -1.18. The van der Waals surface area contributed by atoms with Crippen LogP contribution in [-0.2, 0) is 32.5 Å². The number of rotatable bonds is 9. The molecule has 10 heteroatoms. The number of sulfonamides is 1. The molecule has 0 radical (unpaired) electrons. The summed E-state index contributed by atoms with van der Waals surface area (Å²) in [5, 5.41) is 12.1. The normalized spacial score (nSPS) is 19.4. The average molecular weight is 392 g/mol. The molecular weight excluding hydrogens is 366 g/mol. The molecular formula is C15H25N3O5S2. The molecule has 1 fully saturated rings. The van der Waals surface area contributed by atoms with Crippen LogP contribution in [0.15, 0.2) is 5.38 Å². The summed E-state index contributed by atoms with van der Waals surface area (Å²) in [6.07, 6.45) is 2.71. The minimum Gasteiger partial charge on any atom is -0.480 e. The fourth-order valence-electron chi connectivity index (χ4n) is 2.71. The van der Waals surface area contributed by atoms with Gasteiger partial charge in [0.15, 0.2) is 0 Å². The van der Waals surface area contributed by atoms with Crippen molar-refractivity contribution in [3.05, 3.63) is 16.1 Å². The van der Waals surface area contributed by atoms with E-state index < -0.39 is 22.5 Å².